The highest BCUT2D eigenvalue weighted by molar-refractivity contribution is 5.85. The summed E-state index contributed by atoms with van der Waals surface area (Å²) in [7, 11) is 0. The molecule has 0 unspecified atom stereocenters. The fourth-order valence-corrected chi connectivity index (χ4v) is 4.86. The molecule has 0 aliphatic carbocycles. The van der Waals surface area contributed by atoms with Gasteiger partial charge in [0, 0.05) is 12.8 Å². The van der Waals surface area contributed by atoms with Gasteiger partial charge in [0.1, 0.15) is 6.04 Å². The number of quaternary nitrogens is 1. The number of aryl methyl sites for hydroxylation is 2. The molecular weight excluding hydrogens is 318 g/mol. The number of unbranched alkanes of at least 4 members (excludes halogenated alkanes) is 2. The summed E-state index contributed by atoms with van der Waals surface area (Å²) in [5.74, 6) is 0.494. The van der Waals surface area contributed by atoms with Crippen LogP contribution in [0, 0.1) is 13.8 Å². The molecule has 1 atom stereocenters. The number of hydrogen-bond acceptors (Lipinski definition) is 1. The highest BCUT2D eigenvalue weighted by Gasteiger charge is 2.41. The smallest absolute Gasteiger partial charge is 0.194 e. The van der Waals surface area contributed by atoms with Crippen LogP contribution in [0.15, 0.2) is 18.2 Å². The lowest BCUT2D eigenvalue weighted by Crippen LogP contribution is -2.61. The molecule has 0 amide bonds. The number of piperidine rings is 1. The zero-order valence-electron chi connectivity index (χ0n) is 17.7. The summed E-state index contributed by atoms with van der Waals surface area (Å²) in [5.41, 5.74) is 3.81. The number of nitrogens with zero attached hydrogens (tertiary/aromatic N) is 1. The first-order chi connectivity index (χ1) is 12.5. The van der Waals surface area contributed by atoms with Crippen molar-refractivity contribution in [2.75, 3.05) is 19.6 Å². The second kappa shape index (κ2) is 10.3. The average molecular weight is 359 g/mol. The van der Waals surface area contributed by atoms with Crippen molar-refractivity contribution in [1.82, 2.24) is 0 Å². The van der Waals surface area contributed by atoms with Crippen LogP contribution in [0.1, 0.15) is 81.9 Å². The fraction of sp³-hybridized carbons (Fsp3) is 0.708. The van der Waals surface area contributed by atoms with Gasteiger partial charge in [0.05, 0.1) is 19.6 Å². The Hall–Kier alpha value is -1.15. The Morgan fingerprint density at radius 3 is 2.19 bits per heavy atom. The van der Waals surface area contributed by atoms with Gasteiger partial charge in [-0.1, -0.05) is 44.9 Å². The molecule has 1 saturated heterocycles. The first-order valence-corrected chi connectivity index (χ1v) is 11.0. The van der Waals surface area contributed by atoms with Crippen LogP contribution < -0.4 is 0 Å². The third-order valence-corrected chi connectivity index (χ3v) is 6.52. The van der Waals surface area contributed by atoms with E-state index < -0.39 is 0 Å². The summed E-state index contributed by atoms with van der Waals surface area (Å²) in [5, 5.41) is 0. The van der Waals surface area contributed by atoms with Crippen molar-refractivity contribution in [2.45, 2.75) is 91.5 Å². The molecule has 2 nitrogen and oxygen atoms in total. The number of rotatable bonds is 10. The van der Waals surface area contributed by atoms with Crippen LogP contribution in [0.2, 0.25) is 0 Å². The lowest BCUT2D eigenvalue weighted by Gasteiger charge is -2.47. The first-order valence-electron chi connectivity index (χ1n) is 11.0. The van der Waals surface area contributed by atoms with Crippen LogP contribution in [0.5, 0.6) is 0 Å². The largest absolute Gasteiger partial charge is 0.315 e. The Balaban J connectivity index is 2.27. The van der Waals surface area contributed by atoms with Gasteiger partial charge >= 0.3 is 0 Å². The van der Waals surface area contributed by atoms with Crippen molar-refractivity contribution in [1.29, 1.82) is 0 Å². The van der Waals surface area contributed by atoms with Gasteiger partial charge < -0.3 is 4.48 Å². The van der Waals surface area contributed by atoms with Crippen LogP contribution in [0.25, 0.3) is 0 Å². The van der Waals surface area contributed by atoms with Gasteiger partial charge in [-0.2, -0.15) is 0 Å². The summed E-state index contributed by atoms with van der Waals surface area (Å²) in [6.45, 7) is 12.5. The third-order valence-electron chi connectivity index (χ3n) is 6.52. The predicted octanol–water partition coefficient (Wildman–Crippen LogP) is 5.77. The van der Waals surface area contributed by atoms with E-state index in [9.17, 15) is 4.79 Å². The molecule has 26 heavy (non-hydrogen) atoms. The summed E-state index contributed by atoms with van der Waals surface area (Å²) >= 11 is 0. The van der Waals surface area contributed by atoms with Gasteiger partial charge in [-0.15, -0.1) is 0 Å². The molecule has 0 aromatic heterocycles. The Morgan fingerprint density at radius 2 is 1.62 bits per heavy atom. The van der Waals surface area contributed by atoms with E-state index in [2.05, 4.69) is 45.9 Å². The lowest BCUT2D eigenvalue weighted by atomic mass is 9.90. The molecule has 1 fully saturated rings. The Kier molecular flexibility index (Phi) is 8.34. The van der Waals surface area contributed by atoms with Crippen molar-refractivity contribution in [2.24, 2.45) is 0 Å². The number of carbonyl (C=O) groups excluding carboxylic acids is 1. The molecule has 2 heteroatoms. The maximum Gasteiger partial charge on any atom is 0.194 e. The van der Waals surface area contributed by atoms with E-state index in [0.29, 0.717) is 12.2 Å². The molecule has 1 aromatic carbocycles. The van der Waals surface area contributed by atoms with Crippen molar-refractivity contribution in [3.05, 3.63) is 34.9 Å². The van der Waals surface area contributed by atoms with Crippen LogP contribution in [-0.4, -0.2) is 35.9 Å². The summed E-state index contributed by atoms with van der Waals surface area (Å²) < 4.78 is 1.08. The fourth-order valence-electron chi connectivity index (χ4n) is 4.86. The zero-order chi connectivity index (χ0) is 19.0. The van der Waals surface area contributed by atoms with Gasteiger partial charge in [-0.25, -0.2) is 0 Å². The first kappa shape index (κ1) is 21.2. The summed E-state index contributed by atoms with van der Waals surface area (Å²) in [6, 6.07) is 6.62. The number of Topliss-reactive ketones (excluding diaryl/α,β-unsaturated/α-hetero) is 1. The molecular formula is C24H40NO+. The van der Waals surface area contributed by atoms with E-state index in [1.54, 1.807) is 0 Å². The number of carbonyl (C=O) groups is 1. The zero-order valence-corrected chi connectivity index (χ0v) is 17.7. The third kappa shape index (κ3) is 5.19. The number of likely N-dealkylation sites (tertiary alicyclic amines) is 1. The Morgan fingerprint density at radius 1 is 1.00 bits per heavy atom. The standard InChI is InChI=1S/C24H40NO/c1-5-7-15-23(25(16-8-6-2)17-10-9-11-18-25)24(26)19-22-20(3)13-12-14-21(22)4/h12-14,23H,5-11,15-19H2,1-4H3/q+1/t23-/m1/s1. The minimum absolute atomic E-state index is 0.209. The molecule has 0 radical (unpaired) electrons. The molecule has 0 saturated carbocycles. The highest BCUT2D eigenvalue weighted by Crippen LogP contribution is 2.29. The summed E-state index contributed by atoms with van der Waals surface area (Å²) in [4.78, 5) is 13.6. The van der Waals surface area contributed by atoms with Crippen LogP contribution in [0.3, 0.4) is 0 Å². The van der Waals surface area contributed by atoms with Crippen LogP contribution >= 0.6 is 0 Å². The highest BCUT2D eigenvalue weighted by atomic mass is 16.1. The minimum atomic E-state index is 0.209. The molecule has 1 heterocycles. The molecule has 0 bridgehead atoms. The van der Waals surface area contributed by atoms with E-state index in [-0.39, 0.29) is 6.04 Å². The molecule has 1 aliphatic rings. The second-order valence-electron chi connectivity index (χ2n) is 8.48. The normalized spacial score (nSPS) is 17.8. The number of hydrogen-bond donors (Lipinski definition) is 0. The second-order valence-corrected chi connectivity index (χ2v) is 8.48. The van der Waals surface area contributed by atoms with Gasteiger partial charge in [0.2, 0.25) is 0 Å². The molecule has 146 valence electrons. The monoisotopic (exact) mass is 358 g/mol. The predicted molar refractivity (Wildman–Crippen MR) is 112 cm³/mol. The van der Waals surface area contributed by atoms with E-state index >= 15 is 0 Å². The lowest BCUT2D eigenvalue weighted by molar-refractivity contribution is -0.947. The summed E-state index contributed by atoms with van der Waals surface area (Å²) in [6.07, 6.45) is 10.5. The molecule has 1 aliphatic heterocycles. The van der Waals surface area contributed by atoms with Gasteiger partial charge in [-0.3, -0.25) is 4.79 Å². The van der Waals surface area contributed by atoms with Gasteiger partial charge in [0.15, 0.2) is 5.78 Å². The van der Waals surface area contributed by atoms with Gasteiger partial charge in [-0.05, 0) is 62.6 Å². The van der Waals surface area contributed by atoms with Crippen molar-refractivity contribution >= 4 is 5.78 Å². The van der Waals surface area contributed by atoms with Crippen molar-refractivity contribution < 1.29 is 9.28 Å². The van der Waals surface area contributed by atoms with E-state index in [0.717, 1.165) is 10.9 Å². The Bertz CT molecular complexity index is 551. The van der Waals surface area contributed by atoms with Crippen LogP contribution in [-0.2, 0) is 11.2 Å². The van der Waals surface area contributed by atoms with Gasteiger partial charge in [0.25, 0.3) is 0 Å². The maximum absolute atomic E-state index is 13.6. The average Bonchev–Trinajstić information content (AvgIpc) is 2.64. The molecule has 0 N–H and O–H groups in total. The quantitative estimate of drug-likeness (QED) is 0.485. The van der Waals surface area contributed by atoms with Crippen LogP contribution in [0.4, 0.5) is 0 Å². The Labute approximate surface area is 161 Å². The van der Waals surface area contributed by atoms with E-state index in [1.807, 2.05) is 0 Å². The molecule has 2 rings (SSSR count). The number of ketones is 1. The minimum Gasteiger partial charge on any atom is -0.315 e. The molecule has 1 aromatic rings. The van der Waals surface area contributed by atoms with E-state index in [4.69, 9.17) is 0 Å². The topological polar surface area (TPSA) is 17.1 Å². The van der Waals surface area contributed by atoms with Crippen molar-refractivity contribution in [3.8, 4) is 0 Å². The molecule has 0 spiro atoms. The maximum atomic E-state index is 13.6. The van der Waals surface area contributed by atoms with Crippen molar-refractivity contribution in [3.63, 3.8) is 0 Å². The SMILES string of the molecule is CCCC[C@H](C(=O)Cc1c(C)cccc1C)[N+]1(CCCC)CCCCC1. The number of benzene rings is 1. The van der Waals surface area contributed by atoms with E-state index in [1.165, 1.54) is 81.3 Å².